The molecule has 2 fully saturated rings. The van der Waals surface area contributed by atoms with Crippen molar-refractivity contribution in [1.82, 2.24) is 19.7 Å². The molecule has 2 aromatic heterocycles. The maximum absolute atomic E-state index is 14.1. The van der Waals surface area contributed by atoms with Crippen molar-refractivity contribution in [3.63, 3.8) is 0 Å². The standard InChI is InChI=1S/C25H25FN4O/c26-23-10-9-21(19-12-27-29(14-19)13-16-3-1-2-4-16)24(28-23)17-5-6-18-15-30(20-7-8-20)25(31)22(18)11-17/h5-6,9-12,14,16,20H,1-4,7-8,13,15H2. The van der Waals surface area contributed by atoms with Gasteiger partial charge in [0.25, 0.3) is 5.91 Å². The lowest BCUT2D eigenvalue weighted by Gasteiger charge is -2.13. The highest BCUT2D eigenvalue weighted by molar-refractivity contribution is 6.00. The van der Waals surface area contributed by atoms with Crippen LogP contribution < -0.4 is 0 Å². The molecule has 2 aliphatic carbocycles. The summed E-state index contributed by atoms with van der Waals surface area (Å²) in [6.45, 7) is 1.60. The van der Waals surface area contributed by atoms with Crippen LogP contribution in [0, 0.1) is 11.9 Å². The third kappa shape index (κ3) is 3.44. The highest BCUT2D eigenvalue weighted by atomic mass is 19.1. The van der Waals surface area contributed by atoms with E-state index in [-0.39, 0.29) is 5.91 Å². The molecule has 1 aliphatic heterocycles. The lowest BCUT2D eigenvalue weighted by atomic mass is 9.98. The van der Waals surface area contributed by atoms with Crippen molar-refractivity contribution in [2.75, 3.05) is 0 Å². The smallest absolute Gasteiger partial charge is 0.254 e. The number of rotatable bonds is 5. The third-order valence-electron chi connectivity index (χ3n) is 6.93. The summed E-state index contributed by atoms with van der Waals surface area (Å²) in [6, 6.07) is 9.37. The molecular weight excluding hydrogens is 391 g/mol. The Bertz CT molecular complexity index is 1160. The van der Waals surface area contributed by atoms with Crippen LogP contribution in [0.15, 0.2) is 42.7 Å². The summed E-state index contributed by atoms with van der Waals surface area (Å²) in [7, 11) is 0. The second-order valence-corrected chi connectivity index (χ2v) is 9.17. The fourth-order valence-corrected chi connectivity index (χ4v) is 5.10. The van der Waals surface area contributed by atoms with Gasteiger partial charge in [-0.15, -0.1) is 0 Å². The first-order chi connectivity index (χ1) is 15.2. The van der Waals surface area contributed by atoms with Gasteiger partial charge in [0.2, 0.25) is 5.95 Å². The molecule has 0 bridgehead atoms. The number of carbonyl (C=O) groups excluding carboxylic acids is 1. The van der Waals surface area contributed by atoms with Gasteiger partial charge in [-0.3, -0.25) is 9.48 Å². The maximum Gasteiger partial charge on any atom is 0.254 e. The molecule has 6 heteroatoms. The third-order valence-corrected chi connectivity index (χ3v) is 6.93. The SMILES string of the molecule is O=C1c2cc(-c3nc(F)ccc3-c3cnn(CC4CCCC4)c3)ccc2CN1C1CC1. The zero-order valence-electron chi connectivity index (χ0n) is 17.4. The molecule has 2 saturated carbocycles. The average molecular weight is 417 g/mol. The average Bonchev–Trinajstić information content (AvgIpc) is 3.15. The van der Waals surface area contributed by atoms with Crippen molar-refractivity contribution in [2.24, 2.45) is 5.92 Å². The second kappa shape index (κ2) is 7.29. The quantitative estimate of drug-likeness (QED) is 0.546. The van der Waals surface area contributed by atoms with E-state index >= 15 is 0 Å². The Morgan fingerprint density at radius 2 is 1.84 bits per heavy atom. The molecule has 31 heavy (non-hydrogen) atoms. The van der Waals surface area contributed by atoms with Gasteiger partial charge >= 0.3 is 0 Å². The van der Waals surface area contributed by atoms with Crippen LogP contribution in [0.4, 0.5) is 4.39 Å². The summed E-state index contributed by atoms with van der Waals surface area (Å²) in [5.74, 6) is 0.251. The van der Waals surface area contributed by atoms with Crippen LogP contribution in [-0.2, 0) is 13.1 Å². The van der Waals surface area contributed by atoms with E-state index in [2.05, 4.69) is 10.1 Å². The molecule has 0 N–H and O–H groups in total. The number of benzene rings is 1. The number of fused-ring (bicyclic) bond motifs is 1. The van der Waals surface area contributed by atoms with Crippen LogP contribution in [0.1, 0.15) is 54.4 Å². The predicted octanol–water partition coefficient (Wildman–Crippen LogP) is 5.06. The van der Waals surface area contributed by atoms with Crippen LogP contribution in [0.3, 0.4) is 0 Å². The van der Waals surface area contributed by atoms with Gasteiger partial charge in [0.1, 0.15) is 0 Å². The van der Waals surface area contributed by atoms with Gasteiger partial charge in [-0.1, -0.05) is 25.0 Å². The molecule has 6 rings (SSSR count). The topological polar surface area (TPSA) is 51.0 Å². The van der Waals surface area contributed by atoms with Crippen LogP contribution in [0.5, 0.6) is 0 Å². The Morgan fingerprint density at radius 3 is 2.65 bits per heavy atom. The van der Waals surface area contributed by atoms with Crippen molar-refractivity contribution in [3.05, 3.63) is 59.8 Å². The van der Waals surface area contributed by atoms with Crippen molar-refractivity contribution in [1.29, 1.82) is 0 Å². The molecule has 0 spiro atoms. The second-order valence-electron chi connectivity index (χ2n) is 9.17. The van der Waals surface area contributed by atoms with E-state index in [0.717, 1.165) is 47.2 Å². The molecule has 0 atom stereocenters. The Kier molecular flexibility index (Phi) is 4.40. The summed E-state index contributed by atoms with van der Waals surface area (Å²) in [5, 5.41) is 4.55. The van der Waals surface area contributed by atoms with Crippen LogP contribution >= 0.6 is 0 Å². The van der Waals surface area contributed by atoms with Crippen molar-refractivity contribution < 1.29 is 9.18 Å². The Balaban J connectivity index is 1.35. The summed E-state index contributed by atoms with van der Waals surface area (Å²) in [5.41, 5.74) is 4.85. The first-order valence-electron chi connectivity index (χ1n) is 11.3. The summed E-state index contributed by atoms with van der Waals surface area (Å²) in [6.07, 6.45) is 11.2. The molecule has 1 amide bonds. The first-order valence-corrected chi connectivity index (χ1v) is 11.3. The number of hydrogen-bond donors (Lipinski definition) is 0. The van der Waals surface area contributed by atoms with E-state index in [1.807, 2.05) is 40.2 Å². The molecule has 3 aromatic rings. The molecule has 3 heterocycles. The monoisotopic (exact) mass is 416 g/mol. The highest BCUT2D eigenvalue weighted by Gasteiger charge is 2.38. The zero-order valence-corrected chi connectivity index (χ0v) is 17.4. The summed E-state index contributed by atoms with van der Waals surface area (Å²) in [4.78, 5) is 19.1. The number of halogens is 1. The van der Waals surface area contributed by atoms with Crippen LogP contribution in [0.2, 0.25) is 0 Å². The van der Waals surface area contributed by atoms with Crippen molar-refractivity contribution in [2.45, 2.75) is 57.7 Å². The largest absolute Gasteiger partial charge is 0.331 e. The molecule has 158 valence electrons. The molecule has 0 unspecified atom stereocenters. The van der Waals surface area contributed by atoms with Crippen LogP contribution in [0.25, 0.3) is 22.4 Å². The minimum Gasteiger partial charge on any atom is -0.331 e. The van der Waals surface area contributed by atoms with Gasteiger partial charge < -0.3 is 4.90 Å². The molecule has 0 radical (unpaired) electrons. The Hall–Kier alpha value is -3.02. The van der Waals surface area contributed by atoms with Gasteiger partial charge in [0, 0.05) is 47.6 Å². The predicted molar refractivity (Wildman–Crippen MR) is 116 cm³/mol. The van der Waals surface area contributed by atoms with Crippen molar-refractivity contribution >= 4 is 5.91 Å². The van der Waals surface area contributed by atoms with E-state index in [1.54, 1.807) is 6.07 Å². The highest BCUT2D eigenvalue weighted by Crippen LogP contribution is 2.37. The molecule has 1 aromatic carbocycles. The first kappa shape index (κ1) is 18.7. The molecule has 0 saturated heterocycles. The minimum atomic E-state index is -0.525. The van der Waals surface area contributed by atoms with Gasteiger partial charge in [-0.05, 0) is 55.4 Å². The number of amides is 1. The number of carbonyl (C=O) groups is 1. The fourth-order valence-electron chi connectivity index (χ4n) is 5.10. The minimum absolute atomic E-state index is 0.0849. The maximum atomic E-state index is 14.1. The van der Waals surface area contributed by atoms with E-state index in [0.29, 0.717) is 24.2 Å². The van der Waals surface area contributed by atoms with Gasteiger partial charge in [0.15, 0.2) is 0 Å². The number of nitrogens with zero attached hydrogens (tertiary/aromatic N) is 4. The Morgan fingerprint density at radius 1 is 1.00 bits per heavy atom. The lowest BCUT2D eigenvalue weighted by molar-refractivity contribution is 0.0766. The van der Waals surface area contributed by atoms with Crippen molar-refractivity contribution in [3.8, 4) is 22.4 Å². The van der Waals surface area contributed by atoms with Gasteiger partial charge in [-0.2, -0.15) is 9.49 Å². The summed E-state index contributed by atoms with van der Waals surface area (Å²) < 4.78 is 16.1. The molecular formula is C25H25FN4O. The van der Waals surface area contributed by atoms with E-state index in [4.69, 9.17) is 0 Å². The van der Waals surface area contributed by atoms with E-state index < -0.39 is 5.95 Å². The summed E-state index contributed by atoms with van der Waals surface area (Å²) >= 11 is 0. The Labute approximate surface area is 180 Å². The normalized spacial score (nSPS) is 18.7. The zero-order chi connectivity index (χ0) is 20.9. The fraction of sp³-hybridized carbons (Fsp3) is 0.400. The van der Waals surface area contributed by atoms with Gasteiger partial charge in [-0.25, -0.2) is 4.98 Å². The molecule has 3 aliphatic rings. The van der Waals surface area contributed by atoms with Gasteiger partial charge in [0.05, 0.1) is 11.9 Å². The van der Waals surface area contributed by atoms with Crippen LogP contribution in [-0.4, -0.2) is 31.6 Å². The molecule has 5 nitrogen and oxygen atoms in total. The van der Waals surface area contributed by atoms with E-state index in [9.17, 15) is 9.18 Å². The lowest BCUT2D eigenvalue weighted by Crippen LogP contribution is -2.25. The number of pyridine rings is 1. The number of hydrogen-bond acceptors (Lipinski definition) is 3. The number of aromatic nitrogens is 3. The van der Waals surface area contributed by atoms with E-state index in [1.165, 1.54) is 31.7 Å².